The van der Waals surface area contributed by atoms with E-state index in [1.54, 1.807) is 12.1 Å². The number of anilines is 1. The molecule has 0 saturated carbocycles. The molecule has 4 heteroatoms. The van der Waals surface area contributed by atoms with E-state index in [0.29, 0.717) is 11.1 Å². The van der Waals surface area contributed by atoms with Crippen LogP contribution in [0.5, 0.6) is 0 Å². The number of nitrogens with one attached hydrogen (secondary N) is 1. The molecule has 0 amide bonds. The fourth-order valence-electron chi connectivity index (χ4n) is 1.58. The Labute approximate surface area is 81.3 Å². The predicted octanol–water partition coefficient (Wildman–Crippen LogP) is 1.49. The number of nitrogens with zero attached hydrogens (tertiary/aromatic N) is 1. The number of hydrogen-bond donors (Lipinski definition) is 2. The average molecular weight is 191 g/mol. The Balaban J connectivity index is 2.84. The van der Waals surface area contributed by atoms with Gasteiger partial charge in [-0.25, -0.2) is 0 Å². The molecule has 0 aliphatic heterocycles. The van der Waals surface area contributed by atoms with Crippen LogP contribution >= 0.6 is 0 Å². The number of nitrogen functional groups attached to an aromatic ring is 1. The van der Waals surface area contributed by atoms with E-state index < -0.39 is 0 Å². The van der Waals surface area contributed by atoms with Crippen LogP contribution in [-0.4, -0.2) is 9.78 Å². The van der Waals surface area contributed by atoms with Crippen LogP contribution in [0.1, 0.15) is 19.9 Å². The molecule has 1 heterocycles. The minimum absolute atomic E-state index is 0.0824. The number of H-pyrrole nitrogens is 1. The molecule has 0 aliphatic carbocycles. The van der Waals surface area contributed by atoms with Gasteiger partial charge in [0.15, 0.2) is 0 Å². The van der Waals surface area contributed by atoms with Crippen LogP contribution in [0.25, 0.3) is 10.9 Å². The molecule has 2 rings (SSSR count). The van der Waals surface area contributed by atoms with E-state index in [4.69, 9.17) is 5.73 Å². The minimum atomic E-state index is -0.0824. The summed E-state index contributed by atoms with van der Waals surface area (Å²) < 4.78 is 1.84. The van der Waals surface area contributed by atoms with E-state index >= 15 is 0 Å². The van der Waals surface area contributed by atoms with Crippen molar-refractivity contribution in [3.05, 3.63) is 28.6 Å². The van der Waals surface area contributed by atoms with Crippen LogP contribution < -0.4 is 11.3 Å². The van der Waals surface area contributed by atoms with Gasteiger partial charge in [0, 0.05) is 11.7 Å². The highest BCUT2D eigenvalue weighted by molar-refractivity contribution is 5.81. The highest BCUT2D eigenvalue weighted by Crippen LogP contribution is 2.16. The van der Waals surface area contributed by atoms with Crippen molar-refractivity contribution in [1.29, 1.82) is 0 Å². The van der Waals surface area contributed by atoms with Crippen molar-refractivity contribution in [2.24, 2.45) is 0 Å². The molecular formula is C10H13N3O. The molecule has 0 bridgehead atoms. The predicted molar refractivity (Wildman–Crippen MR) is 57.4 cm³/mol. The van der Waals surface area contributed by atoms with Crippen LogP contribution in [0.3, 0.4) is 0 Å². The summed E-state index contributed by atoms with van der Waals surface area (Å²) in [6, 6.07) is 5.60. The van der Waals surface area contributed by atoms with E-state index in [-0.39, 0.29) is 11.6 Å². The molecule has 14 heavy (non-hydrogen) atoms. The van der Waals surface area contributed by atoms with E-state index in [1.807, 2.05) is 24.6 Å². The Morgan fingerprint density at radius 1 is 1.43 bits per heavy atom. The first-order chi connectivity index (χ1) is 6.59. The van der Waals surface area contributed by atoms with Gasteiger partial charge in [0.25, 0.3) is 5.56 Å². The molecule has 0 atom stereocenters. The average Bonchev–Trinajstić information content (AvgIpc) is 2.44. The second-order valence-electron chi connectivity index (χ2n) is 3.68. The smallest absolute Gasteiger partial charge is 0.272 e. The first-order valence-electron chi connectivity index (χ1n) is 4.59. The second kappa shape index (κ2) is 2.90. The van der Waals surface area contributed by atoms with Gasteiger partial charge in [-0.2, -0.15) is 0 Å². The van der Waals surface area contributed by atoms with Gasteiger partial charge in [-0.3, -0.25) is 14.6 Å². The van der Waals surface area contributed by atoms with Crippen molar-refractivity contribution < 1.29 is 0 Å². The molecule has 1 aromatic heterocycles. The lowest BCUT2D eigenvalue weighted by molar-refractivity contribution is 0.546. The van der Waals surface area contributed by atoms with Crippen molar-refractivity contribution in [1.82, 2.24) is 9.78 Å². The molecule has 4 nitrogen and oxygen atoms in total. The van der Waals surface area contributed by atoms with E-state index in [9.17, 15) is 4.79 Å². The molecule has 0 radical (unpaired) electrons. The van der Waals surface area contributed by atoms with Crippen LogP contribution in [0, 0.1) is 0 Å². The summed E-state index contributed by atoms with van der Waals surface area (Å²) in [5, 5.41) is 3.44. The quantitative estimate of drug-likeness (QED) is 0.671. The molecule has 3 N–H and O–H groups in total. The van der Waals surface area contributed by atoms with Gasteiger partial charge in [-0.1, -0.05) is 0 Å². The number of nitrogens with two attached hydrogens (primary N) is 1. The summed E-state index contributed by atoms with van der Waals surface area (Å²) in [7, 11) is 0. The molecule has 0 unspecified atom stereocenters. The number of aromatic amines is 1. The molecule has 0 saturated heterocycles. The van der Waals surface area contributed by atoms with E-state index in [2.05, 4.69) is 5.10 Å². The lowest BCUT2D eigenvalue weighted by atomic mass is 10.2. The first kappa shape index (κ1) is 8.87. The van der Waals surface area contributed by atoms with Gasteiger partial charge in [0.1, 0.15) is 0 Å². The molecule has 2 aromatic rings. The van der Waals surface area contributed by atoms with Gasteiger partial charge in [-0.15, -0.1) is 0 Å². The Hall–Kier alpha value is -1.71. The Morgan fingerprint density at radius 2 is 2.14 bits per heavy atom. The third-order valence-corrected chi connectivity index (χ3v) is 2.26. The zero-order valence-electron chi connectivity index (χ0n) is 8.24. The third-order valence-electron chi connectivity index (χ3n) is 2.26. The summed E-state index contributed by atoms with van der Waals surface area (Å²) in [6.07, 6.45) is 0. The molecule has 74 valence electrons. The number of fused-ring (bicyclic) bond motifs is 1. The van der Waals surface area contributed by atoms with Gasteiger partial charge in [0.05, 0.1) is 10.9 Å². The van der Waals surface area contributed by atoms with E-state index in [1.165, 1.54) is 0 Å². The standard InChI is InChI=1S/C10H13N3O/c1-6(2)13-9-4-3-7(11)5-8(9)10(14)12-13/h3-6H,11H2,1-2H3,(H,12,14). The molecule has 0 spiro atoms. The van der Waals surface area contributed by atoms with Crippen LogP contribution in [0.2, 0.25) is 0 Å². The topological polar surface area (TPSA) is 63.8 Å². The summed E-state index contributed by atoms with van der Waals surface area (Å²) in [4.78, 5) is 11.5. The molecular weight excluding hydrogens is 178 g/mol. The van der Waals surface area contributed by atoms with Crippen LogP contribution in [-0.2, 0) is 0 Å². The lowest BCUT2D eigenvalue weighted by Gasteiger charge is -2.07. The van der Waals surface area contributed by atoms with Gasteiger partial charge in [0.2, 0.25) is 0 Å². The highest BCUT2D eigenvalue weighted by Gasteiger charge is 2.08. The Kier molecular flexibility index (Phi) is 1.84. The van der Waals surface area contributed by atoms with Crippen LogP contribution in [0.15, 0.2) is 23.0 Å². The second-order valence-corrected chi connectivity index (χ2v) is 3.68. The number of aromatic nitrogens is 2. The summed E-state index contributed by atoms with van der Waals surface area (Å²) in [5.74, 6) is 0. The van der Waals surface area contributed by atoms with Crippen LogP contribution in [0.4, 0.5) is 5.69 Å². The molecule has 1 aromatic carbocycles. The van der Waals surface area contributed by atoms with Crippen molar-refractivity contribution in [3.8, 4) is 0 Å². The van der Waals surface area contributed by atoms with E-state index in [0.717, 1.165) is 5.52 Å². The number of hydrogen-bond acceptors (Lipinski definition) is 2. The van der Waals surface area contributed by atoms with Gasteiger partial charge >= 0.3 is 0 Å². The SMILES string of the molecule is CC(C)n1[nH]c(=O)c2cc(N)ccc21. The zero-order chi connectivity index (χ0) is 10.3. The third kappa shape index (κ3) is 1.19. The molecule has 0 fully saturated rings. The van der Waals surface area contributed by atoms with Gasteiger partial charge < -0.3 is 5.73 Å². The fraction of sp³-hybridized carbons (Fsp3) is 0.300. The number of benzene rings is 1. The summed E-state index contributed by atoms with van der Waals surface area (Å²) in [6.45, 7) is 4.04. The maximum atomic E-state index is 11.5. The highest BCUT2D eigenvalue weighted by atomic mass is 16.1. The number of rotatable bonds is 1. The van der Waals surface area contributed by atoms with Crippen molar-refractivity contribution in [2.75, 3.05) is 5.73 Å². The van der Waals surface area contributed by atoms with Crippen molar-refractivity contribution >= 4 is 16.6 Å². The lowest BCUT2D eigenvalue weighted by Crippen LogP contribution is -2.07. The maximum Gasteiger partial charge on any atom is 0.272 e. The van der Waals surface area contributed by atoms with Crippen molar-refractivity contribution in [3.63, 3.8) is 0 Å². The minimum Gasteiger partial charge on any atom is -0.399 e. The largest absolute Gasteiger partial charge is 0.399 e. The summed E-state index contributed by atoms with van der Waals surface area (Å²) in [5.41, 5.74) is 7.05. The normalized spacial score (nSPS) is 11.4. The monoisotopic (exact) mass is 191 g/mol. The fourth-order valence-corrected chi connectivity index (χ4v) is 1.58. The van der Waals surface area contributed by atoms with Gasteiger partial charge in [-0.05, 0) is 32.0 Å². The maximum absolute atomic E-state index is 11.5. The zero-order valence-corrected chi connectivity index (χ0v) is 8.24. The summed E-state index contributed by atoms with van der Waals surface area (Å²) >= 11 is 0. The Bertz CT molecular complexity index is 522. The molecule has 0 aliphatic rings. The van der Waals surface area contributed by atoms with Crippen molar-refractivity contribution in [2.45, 2.75) is 19.9 Å². The first-order valence-corrected chi connectivity index (χ1v) is 4.59. The Morgan fingerprint density at radius 3 is 2.79 bits per heavy atom.